The molecule has 92 valence electrons. The average molecular weight is 275 g/mol. The minimum absolute atomic E-state index is 0.0922. The molecule has 0 saturated carbocycles. The molecule has 0 N–H and O–H groups in total. The van der Waals surface area contributed by atoms with Crippen LogP contribution in [0.1, 0.15) is 11.4 Å². The van der Waals surface area contributed by atoms with Crippen LogP contribution in [-0.2, 0) is 0 Å². The van der Waals surface area contributed by atoms with Gasteiger partial charge in [0.05, 0.1) is 9.95 Å². The second kappa shape index (κ2) is 4.72. The normalized spacial score (nSPS) is 9.63. The zero-order chi connectivity index (χ0) is 14.0. The predicted octanol–water partition coefficient (Wildman–Crippen LogP) is 1.57. The maximum atomic E-state index is 10.9. The highest BCUT2D eigenvalue weighted by atomic mass is 35.5. The number of nitrogens with zero attached hydrogens (tertiary/aromatic N) is 6. The lowest BCUT2D eigenvalue weighted by molar-refractivity contribution is -0.384. The molecule has 0 spiro atoms. The topological polar surface area (TPSA) is 121 Å². The van der Waals surface area contributed by atoms with Gasteiger partial charge in [-0.25, -0.2) is 9.97 Å². The van der Waals surface area contributed by atoms with Gasteiger partial charge >= 0.3 is 5.69 Å². The lowest BCUT2D eigenvalue weighted by Crippen LogP contribution is -2.04. The van der Waals surface area contributed by atoms with Gasteiger partial charge in [-0.05, 0) is 0 Å². The van der Waals surface area contributed by atoms with E-state index in [4.69, 9.17) is 22.1 Å². The van der Waals surface area contributed by atoms with Crippen LogP contribution in [0.4, 0.5) is 5.69 Å². The fourth-order valence-electron chi connectivity index (χ4n) is 1.44. The van der Waals surface area contributed by atoms with Crippen LogP contribution in [0.2, 0.25) is 5.02 Å². The van der Waals surface area contributed by atoms with Crippen LogP contribution in [0.5, 0.6) is 0 Å². The van der Waals surface area contributed by atoms with E-state index >= 15 is 0 Å². The van der Waals surface area contributed by atoms with E-state index in [-0.39, 0.29) is 27.9 Å². The number of halogens is 1. The highest BCUT2D eigenvalue weighted by molar-refractivity contribution is 6.30. The van der Waals surface area contributed by atoms with Crippen molar-refractivity contribution in [2.45, 2.75) is 0 Å². The summed E-state index contributed by atoms with van der Waals surface area (Å²) in [5, 5.41) is 28.8. The molecule has 0 fully saturated rings. The maximum absolute atomic E-state index is 10.9. The van der Waals surface area contributed by atoms with Crippen molar-refractivity contribution in [3.8, 4) is 18.0 Å². The van der Waals surface area contributed by atoms with E-state index in [0.29, 0.717) is 0 Å². The summed E-state index contributed by atoms with van der Waals surface area (Å²) in [6.07, 6.45) is 2.33. The third-order valence-electron chi connectivity index (χ3n) is 2.22. The van der Waals surface area contributed by atoms with Crippen LogP contribution in [0.15, 0.2) is 18.6 Å². The maximum Gasteiger partial charge on any atom is 0.313 e. The summed E-state index contributed by atoms with van der Waals surface area (Å²) in [7, 11) is 0. The first-order valence-corrected chi connectivity index (χ1v) is 5.14. The molecule has 8 nitrogen and oxygen atoms in total. The smallest absolute Gasteiger partial charge is 0.267 e. The number of pyridine rings is 1. The average Bonchev–Trinajstić information content (AvgIpc) is 2.81. The SMILES string of the molecule is N#Cc1ncn(-c2ncc(Cl)cc2[N+](=O)[O-])c1C#N. The molecular weight excluding hydrogens is 272 g/mol. The van der Waals surface area contributed by atoms with Crippen molar-refractivity contribution in [2.24, 2.45) is 0 Å². The van der Waals surface area contributed by atoms with Crippen LogP contribution >= 0.6 is 11.6 Å². The Bertz CT molecular complexity index is 754. The van der Waals surface area contributed by atoms with Gasteiger partial charge in [-0.3, -0.25) is 14.7 Å². The quantitative estimate of drug-likeness (QED) is 0.605. The van der Waals surface area contributed by atoms with Crippen molar-refractivity contribution in [1.82, 2.24) is 14.5 Å². The number of hydrogen-bond donors (Lipinski definition) is 0. The standard InChI is InChI=1S/C10H3ClN6O2/c11-6-1-8(17(18)19)10(14-4-6)16-5-15-7(2-12)9(16)3-13/h1,4-5H. The van der Waals surface area contributed by atoms with Gasteiger partial charge in [0.15, 0.2) is 11.4 Å². The van der Waals surface area contributed by atoms with Crippen molar-refractivity contribution >= 4 is 17.3 Å². The molecule has 0 atom stereocenters. The van der Waals surface area contributed by atoms with E-state index in [9.17, 15) is 10.1 Å². The Morgan fingerprint density at radius 3 is 2.68 bits per heavy atom. The fourth-order valence-corrected chi connectivity index (χ4v) is 1.59. The van der Waals surface area contributed by atoms with Crippen LogP contribution in [0.25, 0.3) is 5.82 Å². The minimum Gasteiger partial charge on any atom is -0.267 e. The van der Waals surface area contributed by atoms with Crippen molar-refractivity contribution < 1.29 is 4.92 Å². The Hall–Kier alpha value is -2.97. The lowest BCUT2D eigenvalue weighted by Gasteiger charge is -2.03. The van der Waals surface area contributed by atoms with Gasteiger partial charge in [0.2, 0.25) is 5.82 Å². The molecule has 2 heterocycles. The van der Waals surface area contributed by atoms with Crippen molar-refractivity contribution in [3.63, 3.8) is 0 Å². The molecule has 9 heteroatoms. The molecule has 0 bridgehead atoms. The summed E-state index contributed by atoms with van der Waals surface area (Å²) >= 11 is 5.65. The van der Waals surface area contributed by atoms with Crippen molar-refractivity contribution in [1.29, 1.82) is 10.5 Å². The summed E-state index contributed by atoms with van der Waals surface area (Å²) < 4.78 is 1.08. The molecule has 0 aromatic carbocycles. The van der Waals surface area contributed by atoms with Gasteiger partial charge in [-0.15, -0.1) is 0 Å². The minimum atomic E-state index is -0.679. The largest absolute Gasteiger partial charge is 0.313 e. The number of hydrogen-bond acceptors (Lipinski definition) is 6. The first-order chi connectivity index (χ1) is 9.08. The molecule has 0 unspecified atom stereocenters. The number of nitriles is 2. The Labute approximate surface area is 111 Å². The highest BCUT2D eigenvalue weighted by Crippen LogP contribution is 2.25. The third-order valence-corrected chi connectivity index (χ3v) is 2.42. The molecule has 0 saturated heterocycles. The van der Waals surface area contributed by atoms with Gasteiger partial charge in [-0.1, -0.05) is 11.6 Å². The Morgan fingerprint density at radius 1 is 1.37 bits per heavy atom. The van der Waals surface area contributed by atoms with Crippen LogP contribution in [-0.4, -0.2) is 19.5 Å². The third kappa shape index (κ3) is 2.08. The van der Waals surface area contributed by atoms with E-state index in [0.717, 1.165) is 17.0 Å². The molecule has 2 rings (SSSR count). The van der Waals surface area contributed by atoms with E-state index in [2.05, 4.69) is 9.97 Å². The Kier molecular flexibility index (Phi) is 3.10. The fraction of sp³-hybridized carbons (Fsp3) is 0. The summed E-state index contributed by atoms with van der Waals surface area (Å²) in [5.41, 5.74) is -0.639. The highest BCUT2D eigenvalue weighted by Gasteiger charge is 2.22. The predicted molar refractivity (Wildman–Crippen MR) is 62.5 cm³/mol. The molecule has 0 amide bonds. The summed E-state index contributed by atoms with van der Waals surface area (Å²) in [5.74, 6) is -0.125. The molecule has 0 aliphatic rings. The van der Waals surface area contributed by atoms with E-state index < -0.39 is 4.92 Å². The Balaban J connectivity index is 2.74. The van der Waals surface area contributed by atoms with Gasteiger partial charge in [0.1, 0.15) is 18.5 Å². The monoisotopic (exact) mass is 274 g/mol. The van der Waals surface area contributed by atoms with Gasteiger partial charge in [0.25, 0.3) is 0 Å². The number of imidazole rings is 1. The molecule has 19 heavy (non-hydrogen) atoms. The molecular formula is C10H3ClN6O2. The van der Waals surface area contributed by atoms with E-state index in [1.807, 2.05) is 0 Å². The first-order valence-electron chi connectivity index (χ1n) is 4.76. The summed E-state index contributed by atoms with van der Waals surface area (Å²) in [4.78, 5) is 17.8. The number of nitro groups is 1. The van der Waals surface area contributed by atoms with Crippen LogP contribution in [0.3, 0.4) is 0 Å². The first kappa shape index (κ1) is 12.5. The van der Waals surface area contributed by atoms with Gasteiger partial charge in [-0.2, -0.15) is 10.5 Å². The summed E-state index contributed by atoms with van der Waals surface area (Å²) in [6.45, 7) is 0. The van der Waals surface area contributed by atoms with E-state index in [1.165, 1.54) is 6.20 Å². The zero-order valence-electron chi connectivity index (χ0n) is 9.11. The van der Waals surface area contributed by atoms with E-state index in [1.54, 1.807) is 12.1 Å². The van der Waals surface area contributed by atoms with Crippen molar-refractivity contribution in [3.05, 3.63) is 45.1 Å². The lowest BCUT2D eigenvalue weighted by atomic mass is 10.3. The molecule has 0 aliphatic heterocycles. The second-order valence-electron chi connectivity index (χ2n) is 3.29. The van der Waals surface area contributed by atoms with Crippen molar-refractivity contribution in [2.75, 3.05) is 0 Å². The molecule has 2 aromatic rings. The second-order valence-corrected chi connectivity index (χ2v) is 3.73. The molecule has 0 aliphatic carbocycles. The molecule has 0 radical (unpaired) electrons. The van der Waals surface area contributed by atoms with Crippen LogP contribution < -0.4 is 0 Å². The number of rotatable bonds is 2. The van der Waals surface area contributed by atoms with Gasteiger partial charge in [0, 0.05) is 12.3 Å². The van der Waals surface area contributed by atoms with Crippen LogP contribution in [0, 0.1) is 32.8 Å². The van der Waals surface area contributed by atoms with Gasteiger partial charge < -0.3 is 0 Å². The molecule has 2 aromatic heterocycles. The number of aromatic nitrogens is 3. The summed E-state index contributed by atoms with van der Waals surface area (Å²) in [6, 6.07) is 4.58. The zero-order valence-corrected chi connectivity index (χ0v) is 9.87. The Morgan fingerprint density at radius 2 is 2.11 bits per heavy atom.